The van der Waals surface area contributed by atoms with Crippen molar-refractivity contribution in [2.24, 2.45) is 0 Å². The van der Waals surface area contributed by atoms with E-state index in [0.717, 1.165) is 22.2 Å². The molecule has 0 unspecified atom stereocenters. The summed E-state index contributed by atoms with van der Waals surface area (Å²) in [6.45, 7) is 3.41. The number of benzene rings is 2. The van der Waals surface area contributed by atoms with Crippen molar-refractivity contribution in [3.05, 3.63) is 71.7 Å². The number of carbonyl (C=O) groups is 2. The van der Waals surface area contributed by atoms with E-state index in [0.29, 0.717) is 5.82 Å². The van der Waals surface area contributed by atoms with Crippen molar-refractivity contribution >= 4 is 28.9 Å². The largest absolute Gasteiger partial charge is 0.346 e. The first kappa shape index (κ1) is 18.0. The van der Waals surface area contributed by atoms with Gasteiger partial charge in [-0.15, -0.1) is 0 Å². The highest BCUT2D eigenvalue weighted by molar-refractivity contribution is 5.82. The van der Waals surface area contributed by atoms with E-state index in [1.165, 1.54) is 6.92 Å². The lowest BCUT2D eigenvalue weighted by Gasteiger charge is -2.32. The van der Waals surface area contributed by atoms with Gasteiger partial charge in [0.1, 0.15) is 5.82 Å². The number of aromatic nitrogens is 2. The number of amides is 2. The van der Waals surface area contributed by atoms with Crippen LogP contribution in [-0.2, 0) is 9.59 Å². The van der Waals surface area contributed by atoms with Crippen molar-refractivity contribution in [3.63, 3.8) is 0 Å². The van der Waals surface area contributed by atoms with E-state index in [-0.39, 0.29) is 30.3 Å². The first-order valence-corrected chi connectivity index (χ1v) is 9.33. The van der Waals surface area contributed by atoms with Crippen molar-refractivity contribution in [1.29, 1.82) is 0 Å². The lowest BCUT2D eigenvalue weighted by Crippen LogP contribution is -2.36. The summed E-state index contributed by atoms with van der Waals surface area (Å²) >= 11 is 0. The number of H-pyrrole nitrogens is 1. The lowest BCUT2D eigenvalue weighted by molar-refractivity contribution is -0.130. The van der Waals surface area contributed by atoms with Crippen LogP contribution in [0.5, 0.6) is 0 Å². The minimum atomic E-state index is -0.318. The van der Waals surface area contributed by atoms with Gasteiger partial charge in [-0.25, -0.2) is 4.98 Å². The van der Waals surface area contributed by atoms with E-state index >= 15 is 0 Å². The van der Waals surface area contributed by atoms with Crippen molar-refractivity contribution in [2.75, 3.05) is 0 Å². The van der Waals surface area contributed by atoms with Gasteiger partial charge < -0.3 is 15.2 Å². The number of imidazole rings is 1. The third kappa shape index (κ3) is 3.41. The van der Waals surface area contributed by atoms with Gasteiger partial charge in [0.15, 0.2) is 0 Å². The molecule has 0 radical (unpaired) electrons. The molecule has 6 heteroatoms. The molecule has 2 atom stereocenters. The van der Waals surface area contributed by atoms with Crippen LogP contribution in [0.4, 0.5) is 0 Å². The van der Waals surface area contributed by atoms with Gasteiger partial charge in [-0.3, -0.25) is 9.59 Å². The molecule has 0 fully saturated rings. The van der Waals surface area contributed by atoms with Crippen LogP contribution in [0.15, 0.2) is 54.7 Å². The Hall–Kier alpha value is -3.41. The van der Waals surface area contributed by atoms with Gasteiger partial charge in [0, 0.05) is 13.1 Å². The van der Waals surface area contributed by atoms with E-state index in [4.69, 9.17) is 0 Å². The summed E-state index contributed by atoms with van der Waals surface area (Å²) in [5.74, 6) is 0.491. The Morgan fingerprint density at radius 1 is 1.18 bits per heavy atom. The molecule has 1 aliphatic rings. The highest BCUT2D eigenvalue weighted by Crippen LogP contribution is 2.33. The predicted octanol–water partition coefficient (Wildman–Crippen LogP) is 3.70. The molecular formula is C22H22N4O2. The molecule has 2 amide bonds. The van der Waals surface area contributed by atoms with Crippen LogP contribution in [-0.4, -0.2) is 26.7 Å². The molecule has 2 heterocycles. The number of para-hydroxylation sites is 2. The van der Waals surface area contributed by atoms with Gasteiger partial charge in [-0.1, -0.05) is 36.4 Å². The number of hydrogen-bond donors (Lipinski definition) is 2. The molecule has 3 aromatic rings. The minimum absolute atomic E-state index is 0.0890. The fourth-order valence-corrected chi connectivity index (χ4v) is 3.64. The molecule has 0 saturated heterocycles. The van der Waals surface area contributed by atoms with Crippen molar-refractivity contribution < 1.29 is 9.59 Å². The number of hydrogen-bond acceptors (Lipinski definition) is 3. The molecule has 28 heavy (non-hydrogen) atoms. The molecule has 4 rings (SSSR count). The van der Waals surface area contributed by atoms with Crippen LogP contribution in [0.25, 0.3) is 17.1 Å². The summed E-state index contributed by atoms with van der Waals surface area (Å²) in [6.07, 6.45) is 3.85. The monoisotopic (exact) mass is 374 g/mol. The zero-order chi connectivity index (χ0) is 19.7. The first-order valence-electron chi connectivity index (χ1n) is 9.33. The van der Waals surface area contributed by atoms with Gasteiger partial charge in [-0.2, -0.15) is 0 Å². The normalized spacial score (nSPS) is 16.6. The second kappa shape index (κ2) is 7.31. The van der Waals surface area contributed by atoms with Crippen LogP contribution in [0.1, 0.15) is 49.3 Å². The average Bonchev–Trinajstić information content (AvgIpc) is 3.12. The Labute approximate surface area is 163 Å². The van der Waals surface area contributed by atoms with Crippen LogP contribution in [0.2, 0.25) is 0 Å². The van der Waals surface area contributed by atoms with Gasteiger partial charge in [0.25, 0.3) is 0 Å². The minimum Gasteiger partial charge on any atom is -0.346 e. The summed E-state index contributed by atoms with van der Waals surface area (Å²) in [6, 6.07) is 15.0. The molecule has 0 saturated carbocycles. The van der Waals surface area contributed by atoms with Crippen LogP contribution in [0, 0.1) is 0 Å². The van der Waals surface area contributed by atoms with Crippen LogP contribution in [0.3, 0.4) is 0 Å². The third-order valence-electron chi connectivity index (χ3n) is 5.04. The maximum Gasteiger partial charge on any atom is 0.223 e. The first-order chi connectivity index (χ1) is 13.5. The second-order valence-electron chi connectivity index (χ2n) is 7.02. The summed E-state index contributed by atoms with van der Waals surface area (Å²) < 4.78 is 0. The Kier molecular flexibility index (Phi) is 4.69. The maximum atomic E-state index is 12.8. The van der Waals surface area contributed by atoms with E-state index in [1.54, 1.807) is 11.1 Å². The third-order valence-corrected chi connectivity index (χ3v) is 5.04. The zero-order valence-corrected chi connectivity index (χ0v) is 15.8. The second-order valence-corrected chi connectivity index (χ2v) is 7.02. The number of nitrogens with zero attached hydrogens (tertiary/aromatic N) is 2. The SMILES string of the molecule is CC(=O)N1C=Cc2ccccc2[C@@H]1CC(=O)N[C@@H](C)c1nc2ccccc2[nH]1. The summed E-state index contributed by atoms with van der Waals surface area (Å²) in [7, 11) is 0. The van der Waals surface area contributed by atoms with E-state index in [1.807, 2.05) is 61.5 Å². The van der Waals surface area contributed by atoms with Gasteiger partial charge in [0.05, 0.1) is 29.5 Å². The molecule has 6 nitrogen and oxygen atoms in total. The average molecular weight is 374 g/mol. The number of carbonyl (C=O) groups excluding carboxylic acids is 2. The van der Waals surface area contributed by atoms with Gasteiger partial charge >= 0.3 is 0 Å². The van der Waals surface area contributed by atoms with Gasteiger partial charge in [-0.05, 0) is 36.3 Å². The molecule has 1 aliphatic heterocycles. The molecular weight excluding hydrogens is 352 g/mol. The van der Waals surface area contributed by atoms with E-state index in [9.17, 15) is 9.59 Å². The van der Waals surface area contributed by atoms with Crippen molar-refractivity contribution in [1.82, 2.24) is 20.2 Å². The summed E-state index contributed by atoms with van der Waals surface area (Å²) in [5, 5.41) is 3.00. The number of rotatable bonds is 4. The van der Waals surface area contributed by atoms with Crippen molar-refractivity contribution in [2.45, 2.75) is 32.4 Å². The Bertz CT molecular complexity index is 1040. The van der Waals surface area contributed by atoms with Gasteiger partial charge in [0.2, 0.25) is 11.8 Å². The topological polar surface area (TPSA) is 78.1 Å². The fourth-order valence-electron chi connectivity index (χ4n) is 3.64. The van der Waals surface area contributed by atoms with E-state index in [2.05, 4.69) is 15.3 Å². The molecule has 142 valence electrons. The smallest absolute Gasteiger partial charge is 0.223 e. The molecule has 2 aromatic carbocycles. The fraction of sp³-hybridized carbons (Fsp3) is 0.227. The molecule has 0 spiro atoms. The number of nitrogens with one attached hydrogen (secondary N) is 2. The molecule has 0 aliphatic carbocycles. The Morgan fingerprint density at radius 3 is 2.71 bits per heavy atom. The molecule has 2 N–H and O–H groups in total. The quantitative estimate of drug-likeness (QED) is 0.731. The van der Waals surface area contributed by atoms with Crippen LogP contribution < -0.4 is 5.32 Å². The van der Waals surface area contributed by atoms with Crippen LogP contribution >= 0.6 is 0 Å². The predicted molar refractivity (Wildman–Crippen MR) is 108 cm³/mol. The summed E-state index contributed by atoms with van der Waals surface area (Å²) in [4.78, 5) is 34.3. The molecule has 0 bridgehead atoms. The molecule has 1 aromatic heterocycles. The summed E-state index contributed by atoms with van der Waals surface area (Å²) in [5.41, 5.74) is 3.82. The van der Waals surface area contributed by atoms with E-state index < -0.39 is 0 Å². The highest BCUT2D eigenvalue weighted by atomic mass is 16.2. The zero-order valence-electron chi connectivity index (χ0n) is 15.8. The number of aromatic amines is 1. The standard InChI is InChI=1S/C22H22N4O2/c1-14(22-24-18-9-5-6-10-19(18)25-22)23-21(28)13-20-17-8-4-3-7-16(17)11-12-26(20)15(2)27/h3-12,14,20H,13H2,1-2H3,(H,23,28)(H,24,25)/t14-,20-/m0/s1. The Morgan fingerprint density at radius 2 is 1.93 bits per heavy atom. The Balaban J connectivity index is 1.51. The highest BCUT2D eigenvalue weighted by Gasteiger charge is 2.28. The van der Waals surface area contributed by atoms with Crippen molar-refractivity contribution in [3.8, 4) is 0 Å². The number of fused-ring (bicyclic) bond motifs is 2. The maximum absolute atomic E-state index is 12.8. The lowest BCUT2D eigenvalue weighted by atomic mass is 9.93.